The van der Waals surface area contributed by atoms with E-state index in [0.717, 1.165) is 12.5 Å². The minimum atomic E-state index is 0.389. The molecule has 1 aliphatic rings. The number of anilines is 1. The van der Waals surface area contributed by atoms with E-state index < -0.39 is 0 Å². The largest absolute Gasteiger partial charge is 0.383 e. The molecule has 1 saturated carbocycles. The molecule has 0 aliphatic heterocycles. The number of nitrogens with zero attached hydrogens (tertiary/aromatic N) is 2. The summed E-state index contributed by atoms with van der Waals surface area (Å²) in [4.78, 5) is 4.46. The molecule has 1 heterocycles. The summed E-state index contributed by atoms with van der Waals surface area (Å²) in [5.74, 6) is 0.973. The average Bonchev–Trinajstić information content (AvgIpc) is 2.73. The van der Waals surface area contributed by atoms with Crippen LogP contribution in [0.2, 0.25) is 0 Å². The molecule has 1 aromatic rings. The van der Waals surface area contributed by atoms with Crippen molar-refractivity contribution in [3.63, 3.8) is 0 Å². The Bertz CT molecular complexity index is 421. The van der Waals surface area contributed by atoms with Gasteiger partial charge in [0.2, 0.25) is 5.95 Å². The fourth-order valence-corrected chi connectivity index (χ4v) is 3.99. The van der Waals surface area contributed by atoms with Crippen LogP contribution in [0.15, 0.2) is 12.4 Å². The molecule has 0 unspecified atom stereocenters. The Hall–Kier alpha value is -1.03. The molecule has 0 radical (unpaired) electrons. The zero-order valence-corrected chi connectivity index (χ0v) is 13.6. The van der Waals surface area contributed by atoms with E-state index in [1.807, 2.05) is 6.20 Å². The van der Waals surface area contributed by atoms with Crippen LogP contribution in [0.4, 0.5) is 5.95 Å². The fraction of sp³-hybridized carbons (Fsp3) is 0.812. The highest BCUT2D eigenvalue weighted by molar-refractivity contribution is 5.27. The molecule has 0 atom stereocenters. The zero-order chi connectivity index (χ0) is 14.8. The molecule has 0 spiro atoms. The van der Waals surface area contributed by atoms with Gasteiger partial charge in [0.15, 0.2) is 0 Å². The predicted octanol–water partition coefficient (Wildman–Crippen LogP) is 3.72. The van der Waals surface area contributed by atoms with Gasteiger partial charge >= 0.3 is 0 Å². The summed E-state index contributed by atoms with van der Waals surface area (Å²) in [5.41, 5.74) is 0.779. The minimum Gasteiger partial charge on any atom is -0.383 e. The number of aromatic nitrogens is 2. The summed E-state index contributed by atoms with van der Waals surface area (Å²) in [5, 5.41) is 3.37. The van der Waals surface area contributed by atoms with Crippen LogP contribution in [0.5, 0.6) is 0 Å². The number of nitrogens with one attached hydrogen (secondary N) is 1. The van der Waals surface area contributed by atoms with E-state index in [1.165, 1.54) is 19.3 Å². The molecule has 4 heteroatoms. The van der Waals surface area contributed by atoms with Crippen molar-refractivity contribution in [1.82, 2.24) is 9.55 Å². The second-order valence-electron chi connectivity index (χ2n) is 7.64. The van der Waals surface area contributed by atoms with E-state index in [-0.39, 0.29) is 0 Å². The van der Waals surface area contributed by atoms with E-state index in [9.17, 15) is 0 Å². The van der Waals surface area contributed by atoms with Gasteiger partial charge < -0.3 is 14.6 Å². The molecule has 20 heavy (non-hydrogen) atoms. The summed E-state index contributed by atoms with van der Waals surface area (Å²) >= 11 is 0. The molecule has 114 valence electrons. The molecule has 0 aromatic carbocycles. The summed E-state index contributed by atoms with van der Waals surface area (Å²) in [6.07, 6.45) is 7.72. The van der Waals surface area contributed by atoms with Gasteiger partial charge in [-0.2, -0.15) is 0 Å². The van der Waals surface area contributed by atoms with Crippen molar-refractivity contribution < 1.29 is 4.74 Å². The maximum absolute atomic E-state index is 5.09. The van der Waals surface area contributed by atoms with Gasteiger partial charge in [0, 0.05) is 32.1 Å². The van der Waals surface area contributed by atoms with Crippen LogP contribution in [0, 0.1) is 10.8 Å². The molecule has 1 aliphatic carbocycles. The molecule has 2 rings (SSSR count). The van der Waals surface area contributed by atoms with Crippen molar-refractivity contribution >= 4 is 5.95 Å². The van der Waals surface area contributed by atoms with Crippen LogP contribution in [-0.2, 0) is 4.74 Å². The third-order valence-corrected chi connectivity index (χ3v) is 4.18. The molecule has 0 saturated heterocycles. The Labute approximate surface area is 122 Å². The van der Waals surface area contributed by atoms with Crippen molar-refractivity contribution in [1.29, 1.82) is 0 Å². The maximum atomic E-state index is 5.09. The number of rotatable bonds is 5. The van der Waals surface area contributed by atoms with Crippen LogP contribution in [0.25, 0.3) is 0 Å². The molecule has 0 bridgehead atoms. The molecule has 4 nitrogen and oxygen atoms in total. The van der Waals surface area contributed by atoms with Crippen molar-refractivity contribution in [3.8, 4) is 0 Å². The van der Waals surface area contributed by atoms with Crippen molar-refractivity contribution in [2.45, 2.75) is 53.0 Å². The number of imidazole rings is 1. The van der Waals surface area contributed by atoms with Gasteiger partial charge in [-0.05, 0) is 30.1 Å². The number of hydrogen-bond donors (Lipinski definition) is 1. The van der Waals surface area contributed by atoms with E-state index in [0.29, 0.717) is 23.5 Å². The van der Waals surface area contributed by atoms with Gasteiger partial charge in [0.05, 0.1) is 6.61 Å². The zero-order valence-electron chi connectivity index (χ0n) is 13.6. The number of hydrogen-bond acceptors (Lipinski definition) is 3. The summed E-state index contributed by atoms with van der Waals surface area (Å²) in [6, 6.07) is 0.529. The van der Waals surface area contributed by atoms with Crippen molar-refractivity contribution in [2.24, 2.45) is 10.8 Å². The lowest BCUT2D eigenvalue weighted by molar-refractivity contribution is 0.0730. The Morgan fingerprint density at radius 1 is 1.30 bits per heavy atom. The molecule has 1 aromatic heterocycles. The van der Waals surface area contributed by atoms with Gasteiger partial charge in [-0.15, -0.1) is 0 Å². The second-order valence-corrected chi connectivity index (χ2v) is 7.64. The topological polar surface area (TPSA) is 39.1 Å². The minimum absolute atomic E-state index is 0.389. The van der Waals surface area contributed by atoms with E-state index in [4.69, 9.17) is 4.74 Å². The van der Waals surface area contributed by atoms with Gasteiger partial charge in [-0.3, -0.25) is 0 Å². The quantitative estimate of drug-likeness (QED) is 0.835. The van der Waals surface area contributed by atoms with Gasteiger partial charge in [-0.25, -0.2) is 4.98 Å². The molecular formula is C16H29N3O. The lowest BCUT2D eigenvalue weighted by atomic mass is 9.63. The maximum Gasteiger partial charge on any atom is 0.203 e. The first kappa shape index (κ1) is 15.4. The van der Waals surface area contributed by atoms with Gasteiger partial charge in [0.1, 0.15) is 0 Å². The average molecular weight is 279 g/mol. The van der Waals surface area contributed by atoms with Crippen LogP contribution in [0.3, 0.4) is 0 Å². The van der Waals surface area contributed by atoms with Crippen molar-refractivity contribution in [2.75, 3.05) is 25.6 Å². The van der Waals surface area contributed by atoms with E-state index in [1.54, 1.807) is 7.11 Å². The summed E-state index contributed by atoms with van der Waals surface area (Å²) in [6.45, 7) is 11.0. The molecule has 1 fully saturated rings. The van der Waals surface area contributed by atoms with Crippen LogP contribution < -0.4 is 5.32 Å². The SMILES string of the molecule is COCCNc1nccn1C1CC(C)(C)CC(C)(C)C1. The fourth-order valence-electron chi connectivity index (χ4n) is 3.99. The Morgan fingerprint density at radius 3 is 2.55 bits per heavy atom. The first-order valence-electron chi connectivity index (χ1n) is 7.59. The van der Waals surface area contributed by atoms with Crippen molar-refractivity contribution in [3.05, 3.63) is 12.4 Å². The van der Waals surface area contributed by atoms with E-state index in [2.05, 4.69) is 48.8 Å². The Balaban J connectivity index is 2.12. The van der Waals surface area contributed by atoms with E-state index >= 15 is 0 Å². The number of methoxy groups -OCH3 is 1. The molecule has 0 amide bonds. The predicted molar refractivity (Wildman–Crippen MR) is 83.0 cm³/mol. The third kappa shape index (κ3) is 3.75. The third-order valence-electron chi connectivity index (χ3n) is 4.18. The first-order valence-corrected chi connectivity index (χ1v) is 7.59. The van der Waals surface area contributed by atoms with Gasteiger partial charge in [-0.1, -0.05) is 27.7 Å². The lowest BCUT2D eigenvalue weighted by Gasteiger charge is -2.45. The standard InChI is InChI=1S/C16H29N3O/c1-15(2)10-13(11-16(3,4)12-15)19-8-6-17-14(19)18-7-9-20-5/h6,8,13H,7,9-12H2,1-5H3,(H,17,18). The monoisotopic (exact) mass is 279 g/mol. The highest BCUT2D eigenvalue weighted by Gasteiger charge is 2.39. The lowest BCUT2D eigenvalue weighted by Crippen LogP contribution is -2.35. The smallest absolute Gasteiger partial charge is 0.203 e. The summed E-state index contributed by atoms with van der Waals surface area (Å²) < 4.78 is 7.41. The van der Waals surface area contributed by atoms with Gasteiger partial charge in [0.25, 0.3) is 0 Å². The van der Waals surface area contributed by atoms with Crippen LogP contribution in [-0.4, -0.2) is 29.8 Å². The molecule has 1 N–H and O–H groups in total. The summed E-state index contributed by atoms with van der Waals surface area (Å²) in [7, 11) is 1.72. The molecular weight excluding hydrogens is 250 g/mol. The normalized spacial score (nSPS) is 21.9. The van der Waals surface area contributed by atoms with Crippen LogP contribution in [0.1, 0.15) is 53.0 Å². The number of ether oxygens (including phenoxy) is 1. The first-order chi connectivity index (χ1) is 9.33. The highest BCUT2D eigenvalue weighted by Crippen LogP contribution is 2.50. The Kier molecular flexibility index (Phi) is 4.43. The van der Waals surface area contributed by atoms with Crippen LogP contribution >= 0.6 is 0 Å². The Morgan fingerprint density at radius 2 is 1.95 bits per heavy atom. The second kappa shape index (κ2) is 5.76. The highest BCUT2D eigenvalue weighted by atomic mass is 16.5.